The SMILES string of the molecule is FC(F)(F)C(F)(F)C(I)(I)C(Cl)(Br)Br. The maximum atomic E-state index is 12.9. The van der Waals surface area contributed by atoms with Crippen molar-refractivity contribution in [1.82, 2.24) is 0 Å². The number of rotatable bonds is 2. The Morgan fingerprint density at radius 1 is 0.929 bits per heavy atom. The average molecular weight is 592 g/mol. The quantitative estimate of drug-likeness (QED) is 0.228. The van der Waals surface area contributed by atoms with Crippen molar-refractivity contribution in [2.24, 2.45) is 0 Å². The van der Waals surface area contributed by atoms with Gasteiger partial charge in [-0.1, -0.05) is 88.6 Å². The van der Waals surface area contributed by atoms with Crippen LogP contribution in [0, 0.1) is 0 Å². The Kier molecular flexibility index (Phi) is 5.33. The molecule has 0 unspecified atom stereocenters. The van der Waals surface area contributed by atoms with E-state index in [4.69, 9.17) is 11.6 Å². The Morgan fingerprint density at radius 3 is 1.29 bits per heavy atom. The highest BCUT2D eigenvalue weighted by Crippen LogP contribution is 2.63. The van der Waals surface area contributed by atoms with Gasteiger partial charge in [0.15, 0.2) is 4.12 Å². The molecule has 10 heteroatoms. The third kappa shape index (κ3) is 2.97. The molecule has 0 amide bonds. The molecule has 0 rings (SSSR count). The van der Waals surface area contributed by atoms with E-state index >= 15 is 0 Å². The lowest BCUT2D eigenvalue weighted by Gasteiger charge is -2.37. The number of alkyl halides is 10. The second-order valence-electron chi connectivity index (χ2n) is 2.14. The third-order valence-electron chi connectivity index (χ3n) is 1.11. The van der Waals surface area contributed by atoms with Crippen LogP contribution in [0.3, 0.4) is 0 Å². The zero-order chi connectivity index (χ0) is 12.0. The van der Waals surface area contributed by atoms with Gasteiger partial charge in [-0.05, 0) is 0 Å². The Balaban J connectivity index is 5.30. The van der Waals surface area contributed by atoms with Gasteiger partial charge in [-0.3, -0.25) is 0 Å². The van der Waals surface area contributed by atoms with Crippen molar-refractivity contribution in [2.75, 3.05) is 0 Å². The molecule has 0 fully saturated rings. The van der Waals surface area contributed by atoms with Crippen LogP contribution >= 0.6 is 88.6 Å². The first-order valence-corrected chi connectivity index (χ1v) is 6.76. The van der Waals surface area contributed by atoms with Gasteiger partial charge in [-0.25, -0.2) is 0 Å². The predicted octanol–water partition coefficient (Wildman–Crippen LogP) is 5.43. The molecule has 0 spiro atoms. The minimum absolute atomic E-state index is 0.941. The summed E-state index contributed by atoms with van der Waals surface area (Å²) in [5.74, 6) is -4.93. The van der Waals surface area contributed by atoms with Gasteiger partial charge in [-0.2, -0.15) is 22.0 Å². The van der Waals surface area contributed by atoms with Crippen molar-refractivity contribution in [3.8, 4) is 0 Å². The first-order valence-electron chi connectivity index (χ1n) is 2.64. The number of halogens is 10. The summed E-state index contributed by atoms with van der Waals surface area (Å²) in [7, 11) is 0. The number of hydrogen-bond acceptors (Lipinski definition) is 0. The summed E-state index contributed by atoms with van der Waals surface area (Å²) in [5, 5.41) is 0. The molecule has 0 saturated carbocycles. The Hall–Kier alpha value is 2.36. The van der Waals surface area contributed by atoms with Crippen molar-refractivity contribution < 1.29 is 22.0 Å². The van der Waals surface area contributed by atoms with Crippen molar-refractivity contribution in [3.05, 3.63) is 0 Å². The topological polar surface area (TPSA) is 0 Å². The van der Waals surface area contributed by atoms with Crippen LogP contribution in [0.25, 0.3) is 0 Å². The van der Waals surface area contributed by atoms with Gasteiger partial charge >= 0.3 is 12.1 Å². The van der Waals surface area contributed by atoms with Crippen LogP contribution < -0.4 is 0 Å². The average Bonchev–Trinajstić information content (AvgIpc) is 1.81. The highest BCUT2D eigenvalue weighted by Gasteiger charge is 2.74. The summed E-state index contributed by atoms with van der Waals surface area (Å²) < 4.78 is 57.2. The molecule has 0 radical (unpaired) electrons. The van der Waals surface area contributed by atoms with Crippen LogP contribution in [0.4, 0.5) is 22.0 Å². The smallest absolute Gasteiger partial charge is 0.194 e. The summed E-state index contributed by atoms with van der Waals surface area (Å²) >= 11 is 12.3. The minimum Gasteiger partial charge on any atom is -0.194 e. The molecule has 0 aromatic rings. The molecule has 14 heavy (non-hydrogen) atoms. The lowest BCUT2D eigenvalue weighted by molar-refractivity contribution is -0.280. The second kappa shape index (κ2) is 4.56. The molecule has 0 bridgehead atoms. The van der Waals surface area contributed by atoms with Gasteiger partial charge in [0, 0.05) is 0 Å². The minimum atomic E-state index is -5.66. The fourth-order valence-electron chi connectivity index (χ4n) is 0.356. The standard InChI is InChI=1S/C4Br2ClF5I2/c5-3(6,7)2(13,14)1(8,9)4(10,11)12. The Labute approximate surface area is 125 Å². The number of hydrogen-bond donors (Lipinski definition) is 0. The normalized spacial score (nSPS) is 15.9. The van der Waals surface area contributed by atoms with Crippen LogP contribution in [0.15, 0.2) is 0 Å². The van der Waals surface area contributed by atoms with E-state index in [0.717, 1.165) is 45.2 Å². The van der Waals surface area contributed by atoms with Crippen molar-refractivity contribution >= 4 is 88.6 Å². The highest BCUT2D eigenvalue weighted by molar-refractivity contribution is 14.2. The van der Waals surface area contributed by atoms with Crippen LogP contribution in [0.1, 0.15) is 0 Å². The van der Waals surface area contributed by atoms with Gasteiger partial charge in [0.2, 0.25) is 0 Å². The summed E-state index contributed by atoms with van der Waals surface area (Å²) in [4.78, 5) is 0. The molecule has 0 aliphatic heterocycles. The molecule has 0 aromatic carbocycles. The van der Waals surface area contributed by atoms with Crippen LogP contribution in [-0.2, 0) is 0 Å². The Morgan fingerprint density at radius 2 is 1.21 bits per heavy atom. The van der Waals surface area contributed by atoms with E-state index in [1.165, 1.54) is 0 Å². The lowest BCUT2D eigenvalue weighted by atomic mass is 10.2. The van der Waals surface area contributed by atoms with Crippen LogP contribution in [0.2, 0.25) is 0 Å². The molecule has 0 heterocycles. The molecule has 0 atom stereocenters. The first-order chi connectivity index (χ1) is 5.75. The molecule has 0 aromatic heterocycles. The molecular formula is C4Br2ClF5I2. The lowest BCUT2D eigenvalue weighted by Crippen LogP contribution is -2.55. The van der Waals surface area contributed by atoms with Crippen molar-refractivity contribution in [1.29, 1.82) is 0 Å². The second-order valence-corrected chi connectivity index (χ2v) is 12.4. The van der Waals surface area contributed by atoms with Gasteiger partial charge in [0.25, 0.3) is 0 Å². The zero-order valence-electron chi connectivity index (χ0n) is 5.78. The van der Waals surface area contributed by atoms with Crippen LogP contribution in [-0.4, -0.2) is 16.2 Å². The van der Waals surface area contributed by atoms with Gasteiger partial charge < -0.3 is 0 Å². The maximum Gasteiger partial charge on any atom is 0.455 e. The zero-order valence-corrected chi connectivity index (χ0v) is 14.0. The fraction of sp³-hybridized carbons (Fsp3) is 1.00. The van der Waals surface area contributed by atoms with E-state index in [1.807, 2.05) is 0 Å². The molecule has 0 saturated heterocycles. The van der Waals surface area contributed by atoms with E-state index in [-0.39, 0.29) is 0 Å². The fourth-order valence-corrected chi connectivity index (χ4v) is 1.58. The van der Waals surface area contributed by atoms with Crippen molar-refractivity contribution in [2.45, 2.75) is 16.2 Å². The molecular weight excluding hydrogens is 592 g/mol. The van der Waals surface area contributed by atoms with Gasteiger partial charge in [0.1, 0.15) is 0 Å². The summed E-state index contributed by atoms with van der Waals surface area (Å²) in [6.07, 6.45) is -5.66. The van der Waals surface area contributed by atoms with Gasteiger partial charge in [0.05, 0.1) is 0 Å². The molecule has 0 aliphatic carbocycles. The van der Waals surface area contributed by atoms with E-state index in [9.17, 15) is 22.0 Å². The summed E-state index contributed by atoms with van der Waals surface area (Å²) in [6.45, 7) is 0. The first kappa shape index (κ1) is 16.4. The monoisotopic (exact) mass is 590 g/mol. The van der Waals surface area contributed by atoms with Gasteiger partial charge in [-0.15, -0.1) is 0 Å². The van der Waals surface area contributed by atoms with E-state index in [0.29, 0.717) is 0 Å². The largest absolute Gasteiger partial charge is 0.455 e. The summed E-state index contributed by atoms with van der Waals surface area (Å²) in [6, 6.07) is 0. The van der Waals surface area contributed by atoms with E-state index in [1.54, 1.807) is 0 Å². The molecule has 0 aliphatic rings. The third-order valence-corrected chi connectivity index (χ3v) is 9.15. The highest BCUT2D eigenvalue weighted by atomic mass is 127. The summed E-state index contributed by atoms with van der Waals surface area (Å²) in [5.41, 5.74) is 0. The van der Waals surface area contributed by atoms with E-state index < -0.39 is 16.2 Å². The predicted molar refractivity (Wildman–Crippen MR) is 68.2 cm³/mol. The molecule has 86 valence electrons. The molecule has 0 N–H and O–H groups in total. The molecule has 0 nitrogen and oxygen atoms in total. The van der Waals surface area contributed by atoms with Crippen LogP contribution in [0.5, 0.6) is 0 Å². The maximum absolute atomic E-state index is 12.9. The van der Waals surface area contributed by atoms with Crippen molar-refractivity contribution in [3.63, 3.8) is 0 Å². The Bertz CT molecular complexity index is 199. The van der Waals surface area contributed by atoms with E-state index in [2.05, 4.69) is 31.9 Å².